The molecule has 3 rings (SSSR count). The van der Waals surface area contributed by atoms with Crippen LogP contribution in [0.15, 0.2) is 24.5 Å². The standard InChI is InChI=1S/C15H23N3O3S.2C2HF3O2/c1-2-22(19,20)18-8-5-15-14(12-18)17(9-10-21-15)11-13-3-6-16-7-4-13;2*3-2(4,5)1(6)7/h3-4,6-7,14-15H,2,5,8-12H2,1H3;2*(H,6,7)/t14-,15-;;/m0../s1. The van der Waals surface area contributed by atoms with Crippen LogP contribution in [0.1, 0.15) is 18.9 Å². The minimum Gasteiger partial charge on any atom is -0.475 e. The highest BCUT2D eigenvalue weighted by molar-refractivity contribution is 7.89. The van der Waals surface area contributed by atoms with Gasteiger partial charge in [-0.3, -0.25) is 9.88 Å². The molecule has 2 atom stereocenters. The van der Waals surface area contributed by atoms with Gasteiger partial charge in [-0.05, 0) is 31.0 Å². The molecule has 0 aliphatic carbocycles. The number of sulfonamides is 1. The van der Waals surface area contributed by atoms with Gasteiger partial charge in [0.15, 0.2) is 0 Å². The fourth-order valence-electron chi connectivity index (χ4n) is 3.27. The third kappa shape index (κ3) is 10.2. The van der Waals surface area contributed by atoms with Gasteiger partial charge in [-0.1, -0.05) is 0 Å². The van der Waals surface area contributed by atoms with Gasteiger partial charge in [-0.2, -0.15) is 26.3 Å². The molecule has 0 radical (unpaired) electrons. The highest BCUT2D eigenvalue weighted by atomic mass is 32.2. The molecule has 0 spiro atoms. The first-order valence-corrected chi connectivity index (χ1v) is 11.9. The molecule has 2 aliphatic heterocycles. The second-order valence-electron chi connectivity index (χ2n) is 7.46. The summed E-state index contributed by atoms with van der Waals surface area (Å²) in [6.45, 7) is 5.17. The predicted molar refractivity (Wildman–Crippen MR) is 111 cm³/mol. The van der Waals surface area contributed by atoms with Crippen molar-refractivity contribution in [1.82, 2.24) is 14.2 Å². The third-order valence-corrected chi connectivity index (χ3v) is 6.89. The largest absolute Gasteiger partial charge is 0.490 e. The number of hydrogen-bond acceptors (Lipinski definition) is 7. The molecular formula is C19H25F6N3O7S. The maximum absolute atomic E-state index is 12.2. The van der Waals surface area contributed by atoms with E-state index in [1.807, 2.05) is 12.1 Å². The molecule has 2 saturated heterocycles. The van der Waals surface area contributed by atoms with E-state index in [0.717, 1.165) is 19.5 Å². The summed E-state index contributed by atoms with van der Waals surface area (Å²) >= 11 is 0. The zero-order chi connectivity index (χ0) is 27.7. The van der Waals surface area contributed by atoms with Crippen LogP contribution in [0.4, 0.5) is 26.3 Å². The van der Waals surface area contributed by atoms with E-state index in [1.165, 1.54) is 5.56 Å². The highest BCUT2D eigenvalue weighted by Crippen LogP contribution is 2.26. The van der Waals surface area contributed by atoms with E-state index in [2.05, 4.69) is 9.88 Å². The second kappa shape index (κ2) is 13.2. The quantitative estimate of drug-likeness (QED) is 0.536. The van der Waals surface area contributed by atoms with E-state index in [-0.39, 0.29) is 17.9 Å². The van der Waals surface area contributed by atoms with Crippen molar-refractivity contribution in [1.29, 1.82) is 0 Å². The lowest BCUT2D eigenvalue weighted by Crippen LogP contribution is -2.60. The average Bonchev–Trinajstić information content (AvgIpc) is 2.79. The van der Waals surface area contributed by atoms with Gasteiger partial charge in [0.25, 0.3) is 0 Å². The molecule has 206 valence electrons. The molecule has 0 bridgehead atoms. The van der Waals surface area contributed by atoms with E-state index in [0.29, 0.717) is 19.7 Å². The molecule has 2 fully saturated rings. The average molecular weight is 553 g/mol. The summed E-state index contributed by atoms with van der Waals surface area (Å²) in [6.07, 6.45) is -5.67. The number of hydrogen-bond donors (Lipinski definition) is 2. The van der Waals surface area contributed by atoms with Crippen molar-refractivity contribution in [3.63, 3.8) is 0 Å². The Kier molecular flexibility index (Phi) is 11.5. The topological polar surface area (TPSA) is 137 Å². The number of morpholine rings is 1. The third-order valence-electron chi connectivity index (χ3n) is 5.04. The Morgan fingerprint density at radius 2 is 1.56 bits per heavy atom. The smallest absolute Gasteiger partial charge is 0.475 e. The highest BCUT2D eigenvalue weighted by Gasteiger charge is 2.40. The SMILES string of the molecule is CCS(=O)(=O)N1CC[C@@H]2OCCN(Cc3ccncc3)[C@H]2C1.O=C(O)C(F)(F)F.O=C(O)C(F)(F)F. The van der Waals surface area contributed by atoms with Gasteiger partial charge in [0, 0.05) is 38.6 Å². The molecular weight excluding hydrogens is 528 g/mol. The molecule has 0 unspecified atom stereocenters. The van der Waals surface area contributed by atoms with Crippen LogP contribution in [0, 0.1) is 0 Å². The van der Waals surface area contributed by atoms with Gasteiger partial charge in [0.1, 0.15) is 0 Å². The Labute approximate surface area is 202 Å². The lowest BCUT2D eigenvalue weighted by Gasteiger charge is -2.46. The van der Waals surface area contributed by atoms with Gasteiger partial charge in [-0.15, -0.1) is 0 Å². The van der Waals surface area contributed by atoms with E-state index in [4.69, 9.17) is 24.5 Å². The first kappa shape index (κ1) is 31.5. The first-order valence-electron chi connectivity index (χ1n) is 10.3. The summed E-state index contributed by atoms with van der Waals surface area (Å²) in [4.78, 5) is 24.2. The number of piperidine rings is 1. The van der Waals surface area contributed by atoms with Crippen molar-refractivity contribution in [3.8, 4) is 0 Å². The number of fused-ring (bicyclic) bond motifs is 1. The fourth-order valence-corrected chi connectivity index (χ4v) is 4.40. The number of halogens is 6. The summed E-state index contributed by atoms with van der Waals surface area (Å²) < 4.78 is 95.3. The molecule has 0 aromatic carbocycles. The van der Waals surface area contributed by atoms with Crippen LogP contribution in [-0.2, 0) is 30.9 Å². The summed E-state index contributed by atoms with van der Waals surface area (Å²) in [5.41, 5.74) is 1.20. The Bertz CT molecular complexity index is 937. The molecule has 10 nitrogen and oxygen atoms in total. The molecule has 2 N–H and O–H groups in total. The number of alkyl halides is 6. The number of carboxylic acid groups (broad SMARTS) is 2. The molecule has 1 aromatic rings. The number of nitrogens with zero attached hydrogens (tertiary/aromatic N) is 3. The van der Waals surface area contributed by atoms with E-state index in [1.54, 1.807) is 23.6 Å². The number of carboxylic acids is 2. The predicted octanol–water partition coefficient (Wildman–Crippen LogP) is 1.97. The number of aliphatic carboxylic acids is 2. The Morgan fingerprint density at radius 3 is 2.00 bits per heavy atom. The van der Waals surface area contributed by atoms with Crippen molar-refractivity contribution in [2.45, 2.75) is 44.4 Å². The zero-order valence-electron chi connectivity index (χ0n) is 18.9. The second-order valence-corrected chi connectivity index (χ2v) is 9.71. The summed E-state index contributed by atoms with van der Waals surface area (Å²) in [7, 11) is -3.13. The number of carbonyl (C=O) groups is 2. The molecule has 36 heavy (non-hydrogen) atoms. The Hall–Kier alpha value is -2.50. The van der Waals surface area contributed by atoms with Crippen LogP contribution in [0.25, 0.3) is 0 Å². The van der Waals surface area contributed by atoms with Crippen LogP contribution < -0.4 is 0 Å². The van der Waals surface area contributed by atoms with Crippen LogP contribution in [0.5, 0.6) is 0 Å². The van der Waals surface area contributed by atoms with Crippen LogP contribution in [0.2, 0.25) is 0 Å². The van der Waals surface area contributed by atoms with E-state index < -0.39 is 34.3 Å². The van der Waals surface area contributed by atoms with Gasteiger partial charge in [0.05, 0.1) is 24.5 Å². The normalized spacial score (nSPS) is 21.2. The van der Waals surface area contributed by atoms with Crippen molar-refractivity contribution >= 4 is 22.0 Å². The van der Waals surface area contributed by atoms with Crippen molar-refractivity contribution in [3.05, 3.63) is 30.1 Å². The summed E-state index contributed by atoms with van der Waals surface area (Å²) in [5.74, 6) is -5.35. The maximum atomic E-state index is 12.2. The monoisotopic (exact) mass is 553 g/mol. The van der Waals surface area contributed by atoms with Crippen molar-refractivity contribution in [2.24, 2.45) is 0 Å². The molecule has 2 aliphatic rings. The Morgan fingerprint density at radius 1 is 1.06 bits per heavy atom. The van der Waals surface area contributed by atoms with Crippen LogP contribution in [0.3, 0.4) is 0 Å². The number of aromatic nitrogens is 1. The number of ether oxygens (including phenoxy) is 1. The fraction of sp³-hybridized carbons (Fsp3) is 0.632. The number of pyridine rings is 1. The minimum absolute atomic E-state index is 0.136. The zero-order valence-corrected chi connectivity index (χ0v) is 19.7. The van der Waals surface area contributed by atoms with Crippen LogP contribution >= 0.6 is 0 Å². The maximum Gasteiger partial charge on any atom is 0.490 e. The van der Waals surface area contributed by atoms with Crippen LogP contribution in [-0.4, -0.2) is 101 Å². The van der Waals surface area contributed by atoms with Gasteiger partial charge < -0.3 is 14.9 Å². The minimum atomic E-state index is -5.08. The van der Waals surface area contributed by atoms with Gasteiger partial charge >= 0.3 is 24.3 Å². The van der Waals surface area contributed by atoms with Crippen molar-refractivity contribution in [2.75, 3.05) is 32.0 Å². The summed E-state index contributed by atoms with van der Waals surface area (Å²) in [5, 5.41) is 14.2. The first-order chi connectivity index (χ1) is 16.5. The molecule has 3 heterocycles. The van der Waals surface area contributed by atoms with E-state index >= 15 is 0 Å². The molecule has 1 aromatic heterocycles. The Balaban J connectivity index is 0.000000383. The van der Waals surface area contributed by atoms with Gasteiger partial charge in [0.2, 0.25) is 10.0 Å². The lowest BCUT2D eigenvalue weighted by atomic mass is 9.99. The summed E-state index contributed by atoms with van der Waals surface area (Å²) in [6, 6.07) is 4.15. The van der Waals surface area contributed by atoms with Crippen molar-refractivity contribution < 1.29 is 59.3 Å². The molecule has 0 saturated carbocycles. The molecule has 17 heteroatoms. The molecule has 0 amide bonds. The number of rotatable bonds is 4. The van der Waals surface area contributed by atoms with E-state index in [9.17, 15) is 34.8 Å². The lowest BCUT2D eigenvalue weighted by molar-refractivity contribution is -0.193. The van der Waals surface area contributed by atoms with Gasteiger partial charge in [-0.25, -0.2) is 22.3 Å².